The maximum atomic E-state index is 3.54. The van der Waals surface area contributed by atoms with Gasteiger partial charge in [0.15, 0.2) is 0 Å². The van der Waals surface area contributed by atoms with E-state index in [1.807, 2.05) is 0 Å². The highest BCUT2D eigenvalue weighted by Crippen LogP contribution is 2.16. The Balaban J connectivity index is 1.80. The minimum absolute atomic E-state index is 0.669. The summed E-state index contributed by atoms with van der Waals surface area (Å²) in [6, 6.07) is 1.39. The summed E-state index contributed by atoms with van der Waals surface area (Å²) in [5, 5.41) is 6.99. The average molecular weight is 211 g/mol. The third kappa shape index (κ3) is 3.16. The number of piperidine rings is 1. The summed E-state index contributed by atoms with van der Waals surface area (Å²) in [5.41, 5.74) is 0. The average Bonchev–Trinajstić information content (AvgIpc) is 2.25. The molecule has 0 amide bonds. The molecule has 2 aliphatic heterocycles. The summed E-state index contributed by atoms with van der Waals surface area (Å²) < 4.78 is 0. The summed E-state index contributed by atoms with van der Waals surface area (Å²) in [5.74, 6) is 0.930. The highest BCUT2D eigenvalue weighted by molar-refractivity contribution is 4.83. The number of piperazine rings is 1. The molecule has 88 valence electrons. The molecule has 2 heterocycles. The smallest absolute Gasteiger partial charge is 0.0193 e. The molecule has 3 nitrogen and oxygen atoms in total. The molecule has 2 saturated heterocycles. The van der Waals surface area contributed by atoms with Crippen molar-refractivity contribution in [1.29, 1.82) is 0 Å². The minimum atomic E-state index is 0.669. The monoisotopic (exact) mass is 211 g/mol. The van der Waals surface area contributed by atoms with Gasteiger partial charge in [-0.3, -0.25) is 4.90 Å². The first-order valence-electron chi connectivity index (χ1n) is 6.44. The second-order valence-electron chi connectivity index (χ2n) is 5.31. The fourth-order valence-corrected chi connectivity index (χ4v) is 2.75. The Morgan fingerprint density at radius 2 is 1.93 bits per heavy atom. The van der Waals surface area contributed by atoms with Crippen molar-refractivity contribution >= 4 is 0 Å². The van der Waals surface area contributed by atoms with E-state index in [9.17, 15) is 0 Å². The molecular weight excluding hydrogens is 186 g/mol. The predicted molar refractivity (Wildman–Crippen MR) is 64.1 cm³/mol. The molecule has 0 radical (unpaired) electrons. The van der Waals surface area contributed by atoms with Gasteiger partial charge in [-0.2, -0.15) is 0 Å². The van der Waals surface area contributed by atoms with E-state index in [1.165, 1.54) is 39.0 Å². The molecule has 0 aliphatic carbocycles. The molecule has 0 aromatic carbocycles. The van der Waals surface area contributed by atoms with Gasteiger partial charge in [-0.05, 0) is 45.7 Å². The van der Waals surface area contributed by atoms with E-state index in [1.54, 1.807) is 0 Å². The molecule has 0 spiro atoms. The van der Waals surface area contributed by atoms with Gasteiger partial charge in [0, 0.05) is 31.7 Å². The Kier molecular flexibility index (Phi) is 4.00. The summed E-state index contributed by atoms with van der Waals surface area (Å²) in [6.07, 6.45) is 2.73. The second kappa shape index (κ2) is 5.28. The summed E-state index contributed by atoms with van der Waals surface area (Å²) in [4.78, 5) is 2.68. The van der Waals surface area contributed by atoms with Crippen LogP contribution in [0.25, 0.3) is 0 Å². The van der Waals surface area contributed by atoms with Crippen LogP contribution in [0.2, 0.25) is 0 Å². The van der Waals surface area contributed by atoms with Crippen LogP contribution in [0.3, 0.4) is 0 Å². The van der Waals surface area contributed by atoms with Crippen LogP contribution < -0.4 is 10.6 Å². The van der Waals surface area contributed by atoms with Gasteiger partial charge in [0.05, 0.1) is 0 Å². The lowest BCUT2D eigenvalue weighted by Gasteiger charge is -2.40. The van der Waals surface area contributed by atoms with Crippen molar-refractivity contribution in [3.8, 4) is 0 Å². The van der Waals surface area contributed by atoms with E-state index in [0.29, 0.717) is 6.04 Å². The Morgan fingerprint density at radius 3 is 2.67 bits per heavy atom. The van der Waals surface area contributed by atoms with Gasteiger partial charge < -0.3 is 10.6 Å². The number of nitrogens with one attached hydrogen (secondary N) is 2. The van der Waals surface area contributed by atoms with Crippen molar-refractivity contribution in [3.05, 3.63) is 0 Å². The van der Waals surface area contributed by atoms with Gasteiger partial charge in [-0.15, -0.1) is 0 Å². The highest BCUT2D eigenvalue weighted by atomic mass is 15.2. The van der Waals surface area contributed by atoms with E-state index in [-0.39, 0.29) is 0 Å². The zero-order valence-corrected chi connectivity index (χ0v) is 10.1. The molecule has 2 fully saturated rings. The van der Waals surface area contributed by atoms with Crippen LogP contribution >= 0.6 is 0 Å². The predicted octanol–water partition coefficient (Wildman–Crippen LogP) is 0.668. The standard InChI is InChI=1S/C12H25N3/c1-10-8-15(11(2)7-14-10)9-12-3-5-13-6-4-12/h10-14H,3-9H2,1-2H3. The van der Waals surface area contributed by atoms with Crippen molar-refractivity contribution < 1.29 is 0 Å². The zero-order chi connectivity index (χ0) is 10.7. The van der Waals surface area contributed by atoms with Gasteiger partial charge in [-0.25, -0.2) is 0 Å². The number of nitrogens with zero attached hydrogens (tertiary/aromatic N) is 1. The molecule has 2 atom stereocenters. The molecule has 15 heavy (non-hydrogen) atoms. The highest BCUT2D eigenvalue weighted by Gasteiger charge is 2.25. The molecular formula is C12H25N3. The molecule has 2 aliphatic rings. The van der Waals surface area contributed by atoms with E-state index < -0.39 is 0 Å². The molecule has 2 N–H and O–H groups in total. The maximum absolute atomic E-state index is 3.54. The third-order valence-corrected chi connectivity index (χ3v) is 3.84. The Hall–Kier alpha value is -0.120. The van der Waals surface area contributed by atoms with E-state index in [0.717, 1.165) is 18.5 Å². The van der Waals surface area contributed by atoms with Gasteiger partial charge in [0.25, 0.3) is 0 Å². The maximum Gasteiger partial charge on any atom is 0.0193 e. The van der Waals surface area contributed by atoms with Crippen LogP contribution in [0.15, 0.2) is 0 Å². The fraction of sp³-hybridized carbons (Fsp3) is 1.00. The van der Waals surface area contributed by atoms with E-state index in [4.69, 9.17) is 0 Å². The van der Waals surface area contributed by atoms with Gasteiger partial charge in [0.1, 0.15) is 0 Å². The largest absolute Gasteiger partial charge is 0.317 e. The first-order chi connectivity index (χ1) is 7.25. The molecule has 2 unspecified atom stereocenters. The van der Waals surface area contributed by atoms with E-state index in [2.05, 4.69) is 29.4 Å². The fourth-order valence-electron chi connectivity index (χ4n) is 2.75. The van der Waals surface area contributed by atoms with Crippen LogP contribution in [-0.4, -0.2) is 49.7 Å². The molecule has 0 saturated carbocycles. The second-order valence-corrected chi connectivity index (χ2v) is 5.31. The van der Waals surface area contributed by atoms with Crippen molar-refractivity contribution in [2.24, 2.45) is 5.92 Å². The van der Waals surface area contributed by atoms with Crippen molar-refractivity contribution in [2.45, 2.75) is 38.8 Å². The number of hydrogen-bond donors (Lipinski definition) is 2. The Morgan fingerprint density at radius 1 is 1.20 bits per heavy atom. The molecule has 3 heteroatoms. The van der Waals surface area contributed by atoms with E-state index >= 15 is 0 Å². The van der Waals surface area contributed by atoms with Crippen LogP contribution in [0.4, 0.5) is 0 Å². The van der Waals surface area contributed by atoms with Crippen molar-refractivity contribution in [2.75, 3.05) is 32.7 Å². The van der Waals surface area contributed by atoms with Gasteiger partial charge >= 0.3 is 0 Å². The van der Waals surface area contributed by atoms with Gasteiger partial charge in [-0.1, -0.05) is 0 Å². The molecule has 0 bridgehead atoms. The normalized spacial score (nSPS) is 35.6. The van der Waals surface area contributed by atoms with Crippen LogP contribution in [0, 0.1) is 5.92 Å². The number of hydrogen-bond acceptors (Lipinski definition) is 3. The van der Waals surface area contributed by atoms with Crippen molar-refractivity contribution in [1.82, 2.24) is 15.5 Å². The quantitative estimate of drug-likeness (QED) is 0.703. The number of rotatable bonds is 2. The SMILES string of the molecule is CC1CN(CC2CCNCC2)C(C)CN1. The van der Waals surface area contributed by atoms with Crippen LogP contribution in [0.5, 0.6) is 0 Å². The zero-order valence-electron chi connectivity index (χ0n) is 10.1. The van der Waals surface area contributed by atoms with Gasteiger partial charge in [0.2, 0.25) is 0 Å². The summed E-state index contributed by atoms with van der Waals surface area (Å²) in [7, 11) is 0. The molecule has 0 aromatic rings. The first kappa shape index (κ1) is 11.4. The topological polar surface area (TPSA) is 27.3 Å². The van der Waals surface area contributed by atoms with Crippen LogP contribution in [-0.2, 0) is 0 Å². The Labute approximate surface area is 93.6 Å². The first-order valence-corrected chi connectivity index (χ1v) is 6.44. The van der Waals surface area contributed by atoms with Crippen LogP contribution in [0.1, 0.15) is 26.7 Å². The lowest BCUT2D eigenvalue weighted by Crippen LogP contribution is -2.55. The minimum Gasteiger partial charge on any atom is -0.317 e. The third-order valence-electron chi connectivity index (χ3n) is 3.84. The molecule has 2 rings (SSSR count). The lowest BCUT2D eigenvalue weighted by molar-refractivity contribution is 0.115. The Bertz CT molecular complexity index is 189. The lowest BCUT2D eigenvalue weighted by atomic mass is 9.96. The summed E-state index contributed by atoms with van der Waals surface area (Å²) in [6.45, 7) is 10.8. The van der Waals surface area contributed by atoms with Crippen molar-refractivity contribution in [3.63, 3.8) is 0 Å². The summed E-state index contributed by atoms with van der Waals surface area (Å²) >= 11 is 0. The molecule has 0 aromatic heterocycles.